The molecule has 1 fully saturated rings. The predicted molar refractivity (Wildman–Crippen MR) is 76.2 cm³/mol. The van der Waals surface area contributed by atoms with Crippen LogP contribution >= 0.6 is 11.3 Å². The Kier molecular flexibility index (Phi) is 4.93. The molecule has 1 aromatic rings. The molecule has 1 aromatic heterocycles. The Hall–Kier alpha value is -0.940. The first-order chi connectivity index (χ1) is 9.07. The van der Waals surface area contributed by atoms with Gasteiger partial charge in [-0.3, -0.25) is 4.79 Å². The number of carbonyl (C=O) groups excluding carboxylic acids is 1. The van der Waals surface area contributed by atoms with Crippen molar-refractivity contribution in [2.75, 3.05) is 6.54 Å². The monoisotopic (exact) mass is 282 g/mol. The van der Waals surface area contributed by atoms with Crippen LogP contribution in [0.5, 0.6) is 0 Å². The lowest BCUT2D eigenvalue weighted by Crippen LogP contribution is -2.38. The van der Waals surface area contributed by atoms with Crippen LogP contribution in [0.25, 0.3) is 0 Å². The Balaban J connectivity index is 1.69. The molecule has 4 nitrogen and oxygen atoms in total. The molecule has 1 aliphatic carbocycles. The minimum atomic E-state index is -0.764. The van der Waals surface area contributed by atoms with Crippen LogP contribution < -0.4 is 5.32 Å². The van der Waals surface area contributed by atoms with Gasteiger partial charge in [0.1, 0.15) is 0 Å². The van der Waals surface area contributed by atoms with Crippen LogP contribution in [-0.2, 0) is 11.2 Å². The Morgan fingerprint density at radius 2 is 2.21 bits per heavy atom. The van der Waals surface area contributed by atoms with E-state index >= 15 is 0 Å². The summed E-state index contributed by atoms with van der Waals surface area (Å²) >= 11 is 1.66. The molecule has 0 spiro atoms. The van der Waals surface area contributed by atoms with Crippen molar-refractivity contribution in [1.82, 2.24) is 10.3 Å². The maximum Gasteiger partial charge on any atom is 0.222 e. The molecule has 19 heavy (non-hydrogen) atoms. The van der Waals surface area contributed by atoms with Gasteiger partial charge in [-0.25, -0.2) is 4.98 Å². The van der Waals surface area contributed by atoms with Crippen LogP contribution in [0.3, 0.4) is 0 Å². The van der Waals surface area contributed by atoms with E-state index in [1.807, 2.05) is 13.1 Å². The van der Waals surface area contributed by atoms with E-state index in [4.69, 9.17) is 0 Å². The van der Waals surface area contributed by atoms with Gasteiger partial charge in [0.05, 0.1) is 17.0 Å². The average molecular weight is 282 g/mol. The van der Waals surface area contributed by atoms with Crippen LogP contribution in [0.2, 0.25) is 0 Å². The number of hydrogen-bond donors (Lipinski definition) is 2. The third kappa shape index (κ3) is 4.58. The molecule has 0 atom stereocenters. The molecular weight excluding hydrogens is 260 g/mol. The Morgan fingerprint density at radius 1 is 1.47 bits per heavy atom. The van der Waals surface area contributed by atoms with Crippen LogP contribution in [-0.4, -0.2) is 28.1 Å². The van der Waals surface area contributed by atoms with E-state index in [9.17, 15) is 9.90 Å². The number of rotatable bonds is 5. The number of nitrogens with one attached hydrogen (secondary N) is 1. The van der Waals surface area contributed by atoms with E-state index < -0.39 is 5.60 Å². The Labute approximate surface area is 118 Å². The molecule has 0 aromatic carbocycles. The molecule has 106 valence electrons. The number of hydrogen-bond acceptors (Lipinski definition) is 4. The summed E-state index contributed by atoms with van der Waals surface area (Å²) in [5.41, 5.74) is -0.764. The highest BCUT2D eigenvalue weighted by Gasteiger charge is 2.31. The fourth-order valence-corrected chi connectivity index (χ4v) is 3.36. The van der Waals surface area contributed by atoms with E-state index in [-0.39, 0.29) is 12.3 Å². The molecule has 5 heteroatoms. The first-order valence-electron chi connectivity index (χ1n) is 6.98. The Morgan fingerprint density at radius 3 is 2.84 bits per heavy atom. The molecule has 0 unspecified atom stereocenters. The number of nitrogens with zero attached hydrogens (tertiary/aromatic N) is 1. The van der Waals surface area contributed by atoms with Crippen molar-refractivity contribution < 1.29 is 9.90 Å². The smallest absolute Gasteiger partial charge is 0.222 e. The summed E-state index contributed by atoms with van der Waals surface area (Å²) in [6.45, 7) is 2.63. The zero-order chi connectivity index (χ0) is 13.7. The lowest BCUT2D eigenvalue weighted by Gasteiger charge is -2.31. The van der Waals surface area contributed by atoms with Crippen LogP contribution in [0.1, 0.15) is 48.4 Å². The van der Waals surface area contributed by atoms with Crippen molar-refractivity contribution in [1.29, 1.82) is 0 Å². The third-order valence-electron chi connectivity index (χ3n) is 3.60. The van der Waals surface area contributed by atoms with Crippen molar-refractivity contribution in [2.45, 2.75) is 57.5 Å². The lowest BCUT2D eigenvalue weighted by molar-refractivity contribution is -0.127. The molecule has 1 saturated carbocycles. The van der Waals surface area contributed by atoms with Crippen LogP contribution in [0.4, 0.5) is 0 Å². The maximum atomic E-state index is 11.8. The average Bonchev–Trinajstić information content (AvgIpc) is 2.75. The highest BCUT2D eigenvalue weighted by atomic mass is 32.1. The molecule has 2 N–H and O–H groups in total. The highest BCUT2D eigenvalue weighted by Crippen LogP contribution is 2.30. The minimum Gasteiger partial charge on any atom is -0.389 e. The van der Waals surface area contributed by atoms with Gasteiger partial charge in [-0.05, 0) is 19.8 Å². The van der Waals surface area contributed by atoms with Crippen molar-refractivity contribution in [3.63, 3.8) is 0 Å². The zero-order valence-electron chi connectivity index (χ0n) is 11.4. The van der Waals surface area contributed by atoms with Crippen LogP contribution in [0, 0.1) is 6.92 Å². The van der Waals surface area contributed by atoms with Gasteiger partial charge in [-0.1, -0.05) is 19.3 Å². The number of amides is 1. The second-order valence-corrected chi connectivity index (χ2v) is 6.75. The van der Waals surface area contributed by atoms with E-state index in [2.05, 4.69) is 10.3 Å². The number of aromatic nitrogens is 1. The molecule has 0 radical (unpaired) electrons. The van der Waals surface area contributed by atoms with E-state index in [1.165, 1.54) is 11.3 Å². The molecule has 1 heterocycles. The molecule has 2 rings (SSSR count). The van der Waals surface area contributed by atoms with Gasteiger partial charge in [0.15, 0.2) is 0 Å². The first kappa shape index (κ1) is 14.5. The van der Waals surface area contributed by atoms with Gasteiger partial charge < -0.3 is 10.4 Å². The molecule has 1 amide bonds. The van der Waals surface area contributed by atoms with Crippen molar-refractivity contribution in [3.8, 4) is 0 Å². The van der Waals surface area contributed by atoms with E-state index in [0.29, 0.717) is 6.54 Å². The summed E-state index contributed by atoms with van der Waals surface area (Å²) in [5, 5.41) is 14.2. The van der Waals surface area contributed by atoms with Gasteiger partial charge >= 0.3 is 0 Å². The number of carbonyl (C=O) groups is 1. The van der Waals surface area contributed by atoms with Crippen molar-refractivity contribution in [2.24, 2.45) is 0 Å². The lowest BCUT2D eigenvalue weighted by atomic mass is 9.82. The number of aliphatic hydroxyl groups is 1. The summed E-state index contributed by atoms with van der Waals surface area (Å²) in [5.74, 6) is -0.0438. The first-order valence-corrected chi connectivity index (χ1v) is 7.79. The minimum absolute atomic E-state index is 0.0438. The fourth-order valence-electron chi connectivity index (χ4n) is 2.57. The Bertz CT molecular complexity index is 425. The van der Waals surface area contributed by atoms with E-state index in [0.717, 1.165) is 37.1 Å². The molecule has 0 bridgehead atoms. The summed E-state index contributed by atoms with van der Waals surface area (Å²) in [6, 6.07) is 0. The summed E-state index contributed by atoms with van der Waals surface area (Å²) in [6.07, 6.45) is 7.61. The second-order valence-electron chi connectivity index (χ2n) is 5.43. The van der Waals surface area contributed by atoms with Gasteiger partial charge in [-0.15, -0.1) is 11.3 Å². The fraction of sp³-hybridized carbons (Fsp3) is 0.714. The quantitative estimate of drug-likeness (QED) is 0.870. The summed E-state index contributed by atoms with van der Waals surface area (Å²) in [4.78, 5) is 17.3. The van der Waals surface area contributed by atoms with Crippen LogP contribution in [0.15, 0.2) is 6.20 Å². The molecule has 0 saturated heterocycles. The van der Waals surface area contributed by atoms with Gasteiger partial charge in [-0.2, -0.15) is 0 Å². The topological polar surface area (TPSA) is 62.2 Å². The van der Waals surface area contributed by atoms with E-state index in [1.54, 1.807) is 11.3 Å². The highest BCUT2D eigenvalue weighted by molar-refractivity contribution is 7.11. The summed E-state index contributed by atoms with van der Waals surface area (Å²) in [7, 11) is 0. The predicted octanol–water partition coefficient (Wildman–Crippen LogP) is 2.20. The van der Waals surface area contributed by atoms with Crippen molar-refractivity contribution >= 4 is 17.2 Å². The maximum absolute atomic E-state index is 11.8. The normalized spacial score (nSPS) is 18.2. The van der Waals surface area contributed by atoms with Gasteiger partial charge in [0.25, 0.3) is 0 Å². The summed E-state index contributed by atoms with van der Waals surface area (Å²) < 4.78 is 0. The number of thiazole rings is 1. The number of aryl methyl sites for hydroxylation is 1. The second kappa shape index (κ2) is 6.48. The molecule has 0 aliphatic heterocycles. The SMILES string of the molecule is Cc1cnc(CCNC(=O)CC2(O)CCCCC2)s1. The third-order valence-corrected chi connectivity index (χ3v) is 4.58. The molecule has 1 aliphatic rings. The standard InChI is InChI=1S/C14H22N2O2S/c1-11-10-16-13(19-11)5-8-15-12(17)9-14(18)6-3-2-4-7-14/h10,18H,2-9H2,1H3,(H,15,17). The van der Waals surface area contributed by atoms with Gasteiger partial charge in [0, 0.05) is 24.0 Å². The van der Waals surface area contributed by atoms with Gasteiger partial charge in [0.2, 0.25) is 5.91 Å². The largest absolute Gasteiger partial charge is 0.389 e. The molecular formula is C14H22N2O2S. The van der Waals surface area contributed by atoms with Crippen molar-refractivity contribution in [3.05, 3.63) is 16.1 Å². The zero-order valence-corrected chi connectivity index (χ0v) is 12.3.